The highest BCUT2D eigenvalue weighted by Crippen LogP contribution is 2.24. The zero-order valence-electron chi connectivity index (χ0n) is 8.33. The van der Waals surface area contributed by atoms with Crippen molar-refractivity contribution in [1.82, 2.24) is 14.8 Å². The van der Waals surface area contributed by atoms with Crippen LogP contribution in [0.3, 0.4) is 0 Å². The third-order valence-corrected chi connectivity index (χ3v) is 2.08. The van der Waals surface area contributed by atoms with Crippen LogP contribution in [-0.2, 0) is 12.5 Å². The molecule has 3 heteroatoms. The van der Waals surface area contributed by atoms with Crippen molar-refractivity contribution >= 4 is 0 Å². The summed E-state index contributed by atoms with van der Waals surface area (Å²) in [4.78, 5) is 4.26. The molecule has 0 aliphatic heterocycles. The molecule has 1 aromatic heterocycles. The molecule has 0 aromatic carbocycles. The highest BCUT2D eigenvalue weighted by atomic mass is 15.3. The third-order valence-electron chi connectivity index (χ3n) is 2.08. The Kier molecular flexibility index (Phi) is 2.50. The fraction of sp³-hybridized carbons (Fsp3) is 0.778. The smallest absolute Gasteiger partial charge is 0.156 e. The molecule has 1 rings (SSSR count). The van der Waals surface area contributed by atoms with Crippen LogP contribution in [0.1, 0.15) is 39.4 Å². The van der Waals surface area contributed by atoms with Crippen LogP contribution in [0.4, 0.5) is 0 Å². The maximum atomic E-state index is 4.31. The normalized spacial score (nSPS) is 12.0. The molecule has 0 atom stereocenters. The Bertz CT molecular complexity index is 250. The summed E-state index contributed by atoms with van der Waals surface area (Å²) in [6.45, 7) is 6.56. The van der Waals surface area contributed by atoms with Gasteiger partial charge in [-0.05, 0) is 6.42 Å². The average molecular weight is 167 g/mol. The molecule has 1 heterocycles. The first-order valence-corrected chi connectivity index (χ1v) is 4.42. The Balaban J connectivity index is 2.81. The zero-order valence-corrected chi connectivity index (χ0v) is 8.33. The standard InChI is InChI=1S/C9H17N3/c1-5-6-9(2,3)8-10-7-12(4)11-8/h7H,5-6H2,1-4H3. The van der Waals surface area contributed by atoms with E-state index in [1.165, 1.54) is 6.42 Å². The molecule has 0 spiro atoms. The largest absolute Gasteiger partial charge is 0.256 e. The topological polar surface area (TPSA) is 30.7 Å². The lowest BCUT2D eigenvalue weighted by Gasteiger charge is -2.19. The molecule has 0 N–H and O–H groups in total. The van der Waals surface area contributed by atoms with Gasteiger partial charge in [0, 0.05) is 12.5 Å². The highest BCUT2D eigenvalue weighted by Gasteiger charge is 2.23. The van der Waals surface area contributed by atoms with E-state index < -0.39 is 0 Å². The summed E-state index contributed by atoms with van der Waals surface area (Å²) in [5.74, 6) is 0.951. The minimum Gasteiger partial charge on any atom is -0.256 e. The fourth-order valence-corrected chi connectivity index (χ4v) is 1.39. The molecule has 1 aromatic rings. The second-order valence-electron chi connectivity index (χ2n) is 3.88. The fourth-order valence-electron chi connectivity index (χ4n) is 1.39. The first-order chi connectivity index (χ1) is 5.56. The van der Waals surface area contributed by atoms with Gasteiger partial charge >= 0.3 is 0 Å². The summed E-state index contributed by atoms with van der Waals surface area (Å²) in [6, 6.07) is 0. The van der Waals surface area contributed by atoms with Crippen molar-refractivity contribution in [3.8, 4) is 0 Å². The molecule has 0 saturated heterocycles. The van der Waals surface area contributed by atoms with Gasteiger partial charge in [0.05, 0.1) is 0 Å². The van der Waals surface area contributed by atoms with Gasteiger partial charge in [0.1, 0.15) is 6.33 Å². The van der Waals surface area contributed by atoms with Gasteiger partial charge in [-0.15, -0.1) is 0 Å². The number of nitrogens with zero attached hydrogens (tertiary/aromatic N) is 3. The van der Waals surface area contributed by atoms with Crippen LogP contribution in [0.2, 0.25) is 0 Å². The summed E-state index contributed by atoms with van der Waals surface area (Å²) < 4.78 is 1.76. The summed E-state index contributed by atoms with van der Waals surface area (Å²) in [5.41, 5.74) is 0.121. The maximum absolute atomic E-state index is 4.31. The van der Waals surface area contributed by atoms with Crippen molar-refractivity contribution in [1.29, 1.82) is 0 Å². The lowest BCUT2D eigenvalue weighted by Crippen LogP contribution is -2.19. The van der Waals surface area contributed by atoms with Gasteiger partial charge in [0.25, 0.3) is 0 Å². The van der Waals surface area contributed by atoms with Gasteiger partial charge in [-0.25, -0.2) is 4.98 Å². The van der Waals surface area contributed by atoms with Gasteiger partial charge in [-0.3, -0.25) is 4.68 Å². The Hall–Kier alpha value is -0.860. The van der Waals surface area contributed by atoms with Crippen molar-refractivity contribution in [3.05, 3.63) is 12.2 Å². The van der Waals surface area contributed by atoms with Crippen molar-refractivity contribution in [2.75, 3.05) is 0 Å². The number of rotatable bonds is 3. The van der Waals surface area contributed by atoms with Gasteiger partial charge in [0.2, 0.25) is 0 Å². The van der Waals surface area contributed by atoms with Crippen molar-refractivity contribution in [2.45, 2.75) is 39.0 Å². The average Bonchev–Trinajstić information content (AvgIpc) is 2.36. The monoisotopic (exact) mass is 167 g/mol. The van der Waals surface area contributed by atoms with Crippen LogP contribution in [0.25, 0.3) is 0 Å². The van der Waals surface area contributed by atoms with E-state index in [4.69, 9.17) is 0 Å². The van der Waals surface area contributed by atoms with Crippen molar-refractivity contribution in [2.24, 2.45) is 7.05 Å². The Morgan fingerprint density at radius 3 is 2.58 bits per heavy atom. The molecule has 0 radical (unpaired) electrons. The Morgan fingerprint density at radius 2 is 2.17 bits per heavy atom. The Morgan fingerprint density at radius 1 is 1.50 bits per heavy atom. The minimum absolute atomic E-state index is 0.121. The van der Waals surface area contributed by atoms with Crippen LogP contribution < -0.4 is 0 Å². The maximum Gasteiger partial charge on any atom is 0.156 e. The molecule has 3 nitrogen and oxygen atoms in total. The summed E-state index contributed by atoms with van der Waals surface area (Å²) in [7, 11) is 1.90. The van der Waals surface area contributed by atoms with E-state index in [1.54, 1.807) is 11.0 Å². The Labute approximate surface area is 73.8 Å². The highest BCUT2D eigenvalue weighted by molar-refractivity contribution is 5.00. The van der Waals surface area contributed by atoms with E-state index in [0.29, 0.717) is 0 Å². The first-order valence-electron chi connectivity index (χ1n) is 4.42. The van der Waals surface area contributed by atoms with Crippen LogP contribution in [-0.4, -0.2) is 14.8 Å². The molecule has 0 aliphatic carbocycles. The van der Waals surface area contributed by atoms with E-state index >= 15 is 0 Å². The van der Waals surface area contributed by atoms with Crippen molar-refractivity contribution < 1.29 is 0 Å². The predicted molar refractivity (Wildman–Crippen MR) is 48.9 cm³/mol. The number of aryl methyl sites for hydroxylation is 1. The van der Waals surface area contributed by atoms with Crippen LogP contribution in [0.5, 0.6) is 0 Å². The molecule has 12 heavy (non-hydrogen) atoms. The second-order valence-corrected chi connectivity index (χ2v) is 3.88. The van der Waals surface area contributed by atoms with E-state index in [2.05, 4.69) is 30.9 Å². The zero-order chi connectivity index (χ0) is 9.19. The lowest BCUT2D eigenvalue weighted by atomic mass is 9.87. The quantitative estimate of drug-likeness (QED) is 0.688. The third kappa shape index (κ3) is 1.84. The molecule has 0 fully saturated rings. The molecular formula is C9H17N3. The van der Waals surface area contributed by atoms with E-state index in [0.717, 1.165) is 12.2 Å². The first kappa shape index (κ1) is 9.23. The van der Waals surface area contributed by atoms with Crippen LogP contribution in [0, 0.1) is 0 Å². The van der Waals surface area contributed by atoms with Gasteiger partial charge in [0.15, 0.2) is 5.82 Å². The SMILES string of the molecule is CCCC(C)(C)c1ncn(C)n1. The number of hydrogen-bond acceptors (Lipinski definition) is 2. The molecule has 68 valence electrons. The van der Waals surface area contributed by atoms with E-state index in [1.807, 2.05) is 7.05 Å². The van der Waals surface area contributed by atoms with Gasteiger partial charge in [-0.2, -0.15) is 5.10 Å². The number of aromatic nitrogens is 3. The van der Waals surface area contributed by atoms with E-state index in [-0.39, 0.29) is 5.41 Å². The van der Waals surface area contributed by atoms with Crippen LogP contribution in [0.15, 0.2) is 6.33 Å². The molecule has 0 bridgehead atoms. The van der Waals surface area contributed by atoms with Gasteiger partial charge in [-0.1, -0.05) is 27.2 Å². The van der Waals surface area contributed by atoms with Crippen LogP contribution >= 0.6 is 0 Å². The lowest BCUT2D eigenvalue weighted by molar-refractivity contribution is 0.442. The second kappa shape index (κ2) is 3.25. The molecule has 0 amide bonds. The van der Waals surface area contributed by atoms with Gasteiger partial charge < -0.3 is 0 Å². The van der Waals surface area contributed by atoms with E-state index in [9.17, 15) is 0 Å². The number of hydrogen-bond donors (Lipinski definition) is 0. The summed E-state index contributed by atoms with van der Waals surface area (Å²) >= 11 is 0. The summed E-state index contributed by atoms with van der Waals surface area (Å²) in [6.07, 6.45) is 4.06. The van der Waals surface area contributed by atoms with Crippen molar-refractivity contribution in [3.63, 3.8) is 0 Å². The molecule has 0 saturated carbocycles. The molecular weight excluding hydrogens is 150 g/mol. The predicted octanol–water partition coefficient (Wildman–Crippen LogP) is 1.89. The minimum atomic E-state index is 0.121. The molecule has 0 unspecified atom stereocenters. The molecule has 0 aliphatic rings. The summed E-state index contributed by atoms with van der Waals surface area (Å²) in [5, 5.41) is 4.31.